The lowest BCUT2D eigenvalue weighted by Crippen LogP contribution is -2.46. The summed E-state index contributed by atoms with van der Waals surface area (Å²) in [6.45, 7) is 5.15. The van der Waals surface area contributed by atoms with Gasteiger partial charge < -0.3 is 15.3 Å². The van der Waals surface area contributed by atoms with Gasteiger partial charge in [0.25, 0.3) is 0 Å². The molecule has 0 radical (unpaired) electrons. The smallest absolute Gasteiger partial charge is 0.309 e. The summed E-state index contributed by atoms with van der Waals surface area (Å²) in [6, 6.07) is 0. The molecule has 1 amide bonds. The van der Waals surface area contributed by atoms with Crippen molar-refractivity contribution in [3.63, 3.8) is 0 Å². The molecule has 0 unspecified atom stereocenters. The number of hydrogen-bond acceptors (Lipinski definition) is 3. The number of rotatable bonds is 4. The van der Waals surface area contributed by atoms with E-state index in [2.05, 4.69) is 5.32 Å². The van der Waals surface area contributed by atoms with Gasteiger partial charge in [-0.3, -0.25) is 9.59 Å². The highest BCUT2D eigenvalue weighted by Crippen LogP contribution is 2.35. The summed E-state index contributed by atoms with van der Waals surface area (Å²) in [5, 5.41) is 12.7. The minimum atomic E-state index is -0.703. The first-order valence-corrected chi connectivity index (χ1v) is 7.79. The van der Waals surface area contributed by atoms with E-state index in [9.17, 15) is 14.7 Å². The van der Waals surface area contributed by atoms with Crippen molar-refractivity contribution in [2.75, 3.05) is 26.2 Å². The zero-order valence-electron chi connectivity index (χ0n) is 12.4. The van der Waals surface area contributed by atoms with E-state index in [1.165, 1.54) is 0 Å². The Hall–Kier alpha value is -1.10. The summed E-state index contributed by atoms with van der Waals surface area (Å²) >= 11 is 0. The van der Waals surface area contributed by atoms with Crippen LogP contribution in [0.5, 0.6) is 0 Å². The van der Waals surface area contributed by atoms with Gasteiger partial charge in [0.05, 0.1) is 5.41 Å². The number of carbonyl (C=O) groups excluding carboxylic acids is 1. The molecule has 0 bridgehead atoms. The summed E-state index contributed by atoms with van der Waals surface area (Å²) in [5.74, 6) is 0.0125. The number of likely N-dealkylation sites (tertiary alicyclic amines) is 1. The summed E-state index contributed by atoms with van der Waals surface area (Å²) in [6.07, 6.45) is 4.63. The van der Waals surface area contributed by atoms with Gasteiger partial charge in [-0.25, -0.2) is 0 Å². The molecule has 2 fully saturated rings. The van der Waals surface area contributed by atoms with Crippen molar-refractivity contribution >= 4 is 11.9 Å². The zero-order chi connectivity index (χ0) is 14.6. The van der Waals surface area contributed by atoms with Crippen LogP contribution in [0.2, 0.25) is 0 Å². The number of piperidine rings is 2. The molecule has 0 aromatic rings. The maximum absolute atomic E-state index is 12.3. The molecule has 114 valence electrons. The molecule has 0 aromatic carbocycles. The van der Waals surface area contributed by atoms with E-state index in [1.807, 2.05) is 11.8 Å². The third kappa shape index (κ3) is 3.32. The SMILES string of the molecule is CCC1(C(=O)O)CCN(C(=O)CC2CCNCC2)CC1. The summed E-state index contributed by atoms with van der Waals surface area (Å²) in [5.41, 5.74) is -0.606. The molecule has 2 saturated heterocycles. The van der Waals surface area contributed by atoms with Crippen molar-refractivity contribution in [2.24, 2.45) is 11.3 Å². The molecule has 2 heterocycles. The lowest BCUT2D eigenvalue weighted by atomic mass is 9.76. The average molecular weight is 282 g/mol. The normalized spacial score (nSPS) is 23.6. The summed E-state index contributed by atoms with van der Waals surface area (Å²) < 4.78 is 0. The second kappa shape index (κ2) is 6.57. The maximum atomic E-state index is 12.3. The topological polar surface area (TPSA) is 69.6 Å². The van der Waals surface area contributed by atoms with Crippen LogP contribution in [-0.4, -0.2) is 48.1 Å². The molecule has 5 heteroatoms. The van der Waals surface area contributed by atoms with Crippen LogP contribution in [0.15, 0.2) is 0 Å². The lowest BCUT2D eigenvalue weighted by molar-refractivity contribution is -0.154. The largest absolute Gasteiger partial charge is 0.481 e. The van der Waals surface area contributed by atoms with Gasteiger partial charge in [0, 0.05) is 19.5 Å². The molecule has 20 heavy (non-hydrogen) atoms. The van der Waals surface area contributed by atoms with Gasteiger partial charge in [0.1, 0.15) is 0 Å². The molecular weight excluding hydrogens is 256 g/mol. The number of carbonyl (C=O) groups is 2. The van der Waals surface area contributed by atoms with Crippen LogP contribution in [0.25, 0.3) is 0 Å². The number of carboxylic acids is 1. The Labute approximate surface area is 120 Å². The number of carboxylic acid groups (broad SMARTS) is 1. The fourth-order valence-electron chi connectivity index (χ4n) is 3.36. The van der Waals surface area contributed by atoms with Gasteiger partial charge in [0.15, 0.2) is 0 Å². The van der Waals surface area contributed by atoms with Crippen LogP contribution >= 0.6 is 0 Å². The second-order valence-electron chi connectivity index (χ2n) is 6.22. The Bertz CT molecular complexity index is 356. The van der Waals surface area contributed by atoms with Gasteiger partial charge in [-0.15, -0.1) is 0 Å². The molecule has 2 aliphatic rings. The molecule has 0 aliphatic carbocycles. The van der Waals surface area contributed by atoms with Crippen LogP contribution in [-0.2, 0) is 9.59 Å². The molecule has 2 aliphatic heterocycles. The van der Waals surface area contributed by atoms with Crippen LogP contribution in [0.4, 0.5) is 0 Å². The first-order valence-electron chi connectivity index (χ1n) is 7.79. The van der Waals surface area contributed by atoms with Gasteiger partial charge in [-0.2, -0.15) is 0 Å². The molecule has 5 nitrogen and oxygen atoms in total. The fourth-order valence-corrected chi connectivity index (χ4v) is 3.36. The number of nitrogens with zero attached hydrogens (tertiary/aromatic N) is 1. The lowest BCUT2D eigenvalue weighted by Gasteiger charge is -2.39. The van der Waals surface area contributed by atoms with Gasteiger partial charge in [-0.1, -0.05) is 6.92 Å². The quantitative estimate of drug-likeness (QED) is 0.819. The Morgan fingerprint density at radius 1 is 1.25 bits per heavy atom. The number of nitrogens with one attached hydrogen (secondary N) is 1. The standard InChI is InChI=1S/C15H26N2O3/c1-2-15(14(19)20)5-9-17(10-6-15)13(18)11-12-3-7-16-8-4-12/h12,16H,2-11H2,1H3,(H,19,20). The van der Waals surface area contributed by atoms with E-state index in [0.717, 1.165) is 25.9 Å². The van der Waals surface area contributed by atoms with E-state index >= 15 is 0 Å². The Morgan fingerprint density at radius 2 is 1.85 bits per heavy atom. The molecule has 2 rings (SSSR count). The van der Waals surface area contributed by atoms with Crippen LogP contribution < -0.4 is 5.32 Å². The molecule has 0 atom stereocenters. The second-order valence-corrected chi connectivity index (χ2v) is 6.22. The van der Waals surface area contributed by atoms with Crippen LogP contribution in [0.1, 0.15) is 45.4 Å². The first kappa shape index (κ1) is 15.3. The minimum Gasteiger partial charge on any atom is -0.481 e. The maximum Gasteiger partial charge on any atom is 0.309 e. The fraction of sp³-hybridized carbons (Fsp3) is 0.867. The van der Waals surface area contributed by atoms with Gasteiger partial charge in [0.2, 0.25) is 5.91 Å². The summed E-state index contributed by atoms with van der Waals surface area (Å²) in [7, 11) is 0. The zero-order valence-corrected chi connectivity index (χ0v) is 12.4. The van der Waals surface area contributed by atoms with E-state index in [0.29, 0.717) is 44.7 Å². The van der Waals surface area contributed by atoms with Crippen molar-refractivity contribution in [1.29, 1.82) is 0 Å². The molecule has 0 spiro atoms. The van der Waals surface area contributed by atoms with E-state index < -0.39 is 11.4 Å². The highest BCUT2D eigenvalue weighted by molar-refractivity contribution is 5.78. The van der Waals surface area contributed by atoms with E-state index in [-0.39, 0.29) is 5.91 Å². The number of hydrogen-bond donors (Lipinski definition) is 2. The molecular formula is C15H26N2O3. The molecule has 0 aromatic heterocycles. The molecule has 2 N–H and O–H groups in total. The van der Waals surface area contributed by atoms with Crippen molar-refractivity contribution in [3.05, 3.63) is 0 Å². The first-order chi connectivity index (χ1) is 9.57. The van der Waals surface area contributed by atoms with Gasteiger partial charge in [-0.05, 0) is 51.1 Å². The highest BCUT2D eigenvalue weighted by Gasteiger charge is 2.40. The number of aliphatic carboxylic acids is 1. The highest BCUT2D eigenvalue weighted by atomic mass is 16.4. The van der Waals surface area contributed by atoms with Crippen LogP contribution in [0.3, 0.4) is 0 Å². The number of amides is 1. The third-order valence-electron chi connectivity index (χ3n) is 5.13. The predicted octanol–water partition coefficient (Wildman–Crippen LogP) is 1.48. The Morgan fingerprint density at radius 3 is 2.35 bits per heavy atom. The van der Waals surface area contributed by atoms with E-state index in [1.54, 1.807) is 0 Å². The van der Waals surface area contributed by atoms with Crippen LogP contribution in [0, 0.1) is 11.3 Å². The van der Waals surface area contributed by atoms with Crippen molar-refractivity contribution in [2.45, 2.75) is 45.4 Å². The Kier molecular flexibility index (Phi) is 5.02. The minimum absolute atomic E-state index is 0.215. The molecule has 0 saturated carbocycles. The Balaban J connectivity index is 1.83. The summed E-state index contributed by atoms with van der Waals surface area (Å²) in [4.78, 5) is 25.6. The van der Waals surface area contributed by atoms with Crippen molar-refractivity contribution < 1.29 is 14.7 Å². The van der Waals surface area contributed by atoms with Crippen molar-refractivity contribution in [1.82, 2.24) is 10.2 Å². The average Bonchev–Trinajstić information content (AvgIpc) is 2.48. The predicted molar refractivity (Wildman–Crippen MR) is 76.4 cm³/mol. The van der Waals surface area contributed by atoms with E-state index in [4.69, 9.17) is 0 Å². The van der Waals surface area contributed by atoms with Gasteiger partial charge >= 0.3 is 5.97 Å². The van der Waals surface area contributed by atoms with Crippen molar-refractivity contribution in [3.8, 4) is 0 Å². The monoisotopic (exact) mass is 282 g/mol. The third-order valence-corrected chi connectivity index (χ3v) is 5.13.